The number of ether oxygens (including phenoxy) is 2. The molecule has 0 aliphatic carbocycles. The van der Waals surface area contributed by atoms with Crippen molar-refractivity contribution in [3.63, 3.8) is 0 Å². The van der Waals surface area contributed by atoms with Gasteiger partial charge in [0.1, 0.15) is 13.5 Å². The van der Waals surface area contributed by atoms with E-state index in [0.29, 0.717) is 11.4 Å². The van der Waals surface area contributed by atoms with Crippen molar-refractivity contribution in [3.8, 4) is 0 Å². The summed E-state index contributed by atoms with van der Waals surface area (Å²) in [7, 11) is 3.80. The molecule has 0 saturated carbocycles. The van der Waals surface area contributed by atoms with Crippen molar-refractivity contribution in [1.82, 2.24) is 9.80 Å². The molecule has 0 aliphatic heterocycles. The van der Waals surface area contributed by atoms with Gasteiger partial charge in [-0.25, -0.2) is 9.59 Å². The molecule has 0 aromatic heterocycles. The second kappa shape index (κ2) is 13.8. The van der Waals surface area contributed by atoms with E-state index in [1.54, 1.807) is 24.3 Å². The minimum atomic E-state index is -0.541. The van der Waals surface area contributed by atoms with Crippen molar-refractivity contribution in [1.29, 1.82) is 0 Å². The lowest BCUT2D eigenvalue weighted by molar-refractivity contribution is 0.0922. The van der Waals surface area contributed by atoms with E-state index in [0.717, 1.165) is 38.8 Å². The van der Waals surface area contributed by atoms with Gasteiger partial charge < -0.3 is 9.47 Å². The Kier molecular flexibility index (Phi) is 11.7. The highest BCUT2D eigenvalue weighted by molar-refractivity contribution is 5.88. The number of benzene rings is 1. The lowest BCUT2D eigenvalue weighted by Crippen LogP contribution is -2.27. The third-order valence-corrected chi connectivity index (χ3v) is 3.97. The van der Waals surface area contributed by atoms with Gasteiger partial charge in [-0.2, -0.15) is 0 Å². The number of carbonyl (C=O) groups excluding carboxylic acids is 2. The minimum absolute atomic E-state index is 0.224. The van der Waals surface area contributed by atoms with Crippen molar-refractivity contribution in [2.45, 2.75) is 39.5 Å². The topological polar surface area (TPSA) is 83.1 Å². The van der Waals surface area contributed by atoms with E-state index in [1.807, 2.05) is 23.9 Å². The first kappa shape index (κ1) is 23.7. The normalized spacial score (nSPS) is 10.8. The zero-order chi connectivity index (χ0) is 20.8. The van der Waals surface area contributed by atoms with Crippen LogP contribution in [-0.4, -0.2) is 62.6 Å². The molecular formula is C20H34N4O4. The Labute approximate surface area is 168 Å². The van der Waals surface area contributed by atoms with Crippen LogP contribution in [0.3, 0.4) is 0 Å². The zero-order valence-corrected chi connectivity index (χ0v) is 17.5. The zero-order valence-electron chi connectivity index (χ0n) is 17.5. The van der Waals surface area contributed by atoms with Crippen molar-refractivity contribution in [2.75, 3.05) is 51.3 Å². The molecule has 0 spiro atoms. The molecular weight excluding hydrogens is 360 g/mol. The number of nitrogens with one attached hydrogen (secondary N) is 2. The van der Waals surface area contributed by atoms with Gasteiger partial charge in [-0.05, 0) is 45.1 Å². The minimum Gasteiger partial charge on any atom is -0.433 e. The Hall–Kier alpha value is -2.32. The molecule has 2 N–H and O–H groups in total. The van der Waals surface area contributed by atoms with E-state index in [4.69, 9.17) is 9.47 Å². The fraction of sp³-hybridized carbons (Fsp3) is 0.600. The SMILES string of the molecule is CCCCN(C)COC(=O)Nc1cccc(NC(=O)OCN(C)CCCC)c1. The number of carbonyl (C=O) groups is 2. The average Bonchev–Trinajstić information content (AvgIpc) is 2.67. The fourth-order valence-electron chi connectivity index (χ4n) is 2.31. The van der Waals surface area contributed by atoms with Crippen LogP contribution in [0.15, 0.2) is 24.3 Å². The van der Waals surface area contributed by atoms with Gasteiger partial charge in [0.25, 0.3) is 0 Å². The molecule has 0 aliphatic rings. The number of nitrogens with zero attached hydrogens (tertiary/aromatic N) is 2. The summed E-state index contributed by atoms with van der Waals surface area (Å²) in [6.07, 6.45) is 3.21. The van der Waals surface area contributed by atoms with Crippen LogP contribution in [0.25, 0.3) is 0 Å². The van der Waals surface area contributed by atoms with Crippen molar-refractivity contribution < 1.29 is 19.1 Å². The van der Waals surface area contributed by atoms with Gasteiger partial charge in [0, 0.05) is 24.5 Å². The van der Waals surface area contributed by atoms with Gasteiger partial charge in [0.15, 0.2) is 0 Å². The maximum absolute atomic E-state index is 11.9. The first-order valence-corrected chi connectivity index (χ1v) is 9.79. The summed E-state index contributed by atoms with van der Waals surface area (Å²) in [4.78, 5) is 27.7. The Bertz CT molecular complexity index is 550. The molecule has 8 heteroatoms. The fourth-order valence-corrected chi connectivity index (χ4v) is 2.31. The first-order chi connectivity index (χ1) is 13.4. The molecule has 0 fully saturated rings. The predicted molar refractivity (Wildman–Crippen MR) is 111 cm³/mol. The molecule has 0 saturated heterocycles. The number of anilines is 2. The summed E-state index contributed by atoms with van der Waals surface area (Å²) in [5, 5.41) is 5.30. The van der Waals surface area contributed by atoms with E-state index in [2.05, 4.69) is 24.5 Å². The number of unbranched alkanes of at least 4 members (excludes halogenated alkanes) is 2. The molecule has 0 atom stereocenters. The summed E-state index contributed by atoms with van der Waals surface area (Å²) < 4.78 is 10.4. The van der Waals surface area contributed by atoms with Crippen LogP contribution >= 0.6 is 0 Å². The maximum atomic E-state index is 11.9. The number of amides is 2. The van der Waals surface area contributed by atoms with Crippen LogP contribution in [-0.2, 0) is 9.47 Å². The second-order valence-corrected chi connectivity index (χ2v) is 6.82. The molecule has 2 amide bonds. The Morgan fingerprint density at radius 2 is 1.29 bits per heavy atom. The molecule has 28 heavy (non-hydrogen) atoms. The highest BCUT2D eigenvalue weighted by atomic mass is 16.6. The molecule has 158 valence electrons. The summed E-state index contributed by atoms with van der Waals surface area (Å²) in [6.45, 7) is 6.42. The highest BCUT2D eigenvalue weighted by Gasteiger charge is 2.08. The van der Waals surface area contributed by atoms with Gasteiger partial charge >= 0.3 is 12.2 Å². The van der Waals surface area contributed by atoms with Crippen LogP contribution in [0, 0.1) is 0 Å². The monoisotopic (exact) mass is 394 g/mol. The Balaban J connectivity index is 2.40. The van der Waals surface area contributed by atoms with E-state index in [-0.39, 0.29) is 13.5 Å². The van der Waals surface area contributed by atoms with Gasteiger partial charge in [-0.15, -0.1) is 0 Å². The second-order valence-electron chi connectivity index (χ2n) is 6.82. The van der Waals surface area contributed by atoms with E-state index < -0.39 is 12.2 Å². The molecule has 1 aromatic rings. The van der Waals surface area contributed by atoms with Crippen molar-refractivity contribution >= 4 is 23.6 Å². The molecule has 0 heterocycles. The lowest BCUT2D eigenvalue weighted by atomic mass is 10.3. The molecule has 1 rings (SSSR count). The van der Waals surface area contributed by atoms with Gasteiger partial charge in [0.05, 0.1) is 0 Å². The van der Waals surface area contributed by atoms with E-state index in [9.17, 15) is 9.59 Å². The van der Waals surface area contributed by atoms with Crippen molar-refractivity contribution in [3.05, 3.63) is 24.3 Å². The third kappa shape index (κ3) is 10.7. The van der Waals surface area contributed by atoms with Crippen LogP contribution in [0.5, 0.6) is 0 Å². The Morgan fingerprint density at radius 1 is 0.857 bits per heavy atom. The summed E-state index contributed by atoms with van der Waals surface area (Å²) in [5.41, 5.74) is 1.05. The first-order valence-electron chi connectivity index (χ1n) is 9.79. The largest absolute Gasteiger partial charge is 0.433 e. The summed E-state index contributed by atoms with van der Waals surface area (Å²) >= 11 is 0. The molecule has 0 unspecified atom stereocenters. The van der Waals surface area contributed by atoms with E-state index >= 15 is 0 Å². The van der Waals surface area contributed by atoms with Gasteiger partial charge in [0.2, 0.25) is 0 Å². The van der Waals surface area contributed by atoms with Crippen molar-refractivity contribution in [2.24, 2.45) is 0 Å². The number of hydrogen-bond donors (Lipinski definition) is 2. The van der Waals surface area contributed by atoms with Gasteiger partial charge in [-0.1, -0.05) is 32.8 Å². The van der Waals surface area contributed by atoms with Crippen LogP contribution < -0.4 is 10.6 Å². The summed E-state index contributed by atoms with van der Waals surface area (Å²) in [6, 6.07) is 6.81. The quantitative estimate of drug-likeness (QED) is 0.518. The maximum Gasteiger partial charge on any atom is 0.412 e. The molecule has 0 radical (unpaired) electrons. The molecule has 8 nitrogen and oxygen atoms in total. The Morgan fingerprint density at radius 3 is 1.68 bits per heavy atom. The molecule has 1 aromatic carbocycles. The number of rotatable bonds is 12. The molecule has 0 bridgehead atoms. The van der Waals surface area contributed by atoms with Crippen LogP contribution in [0.4, 0.5) is 21.0 Å². The lowest BCUT2D eigenvalue weighted by Gasteiger charge is -2.17. The third-order valence-electron chi connectivity index (χ3n) is 3.97. The van der Waals surface area contributed by atoms with Gasteiger partial charge in [-0.3, -0.25) is 20.4 Å². The highest BCUT2D eigenvalue weighted by Crippen LogP contribution is 2.15. The van der Waals surface area contributed by atoms with Crippen LogP contribution in [0.2, 0.25) is 0 Å². The van der Waals surface area contributed by atoms with Crippen LogP contribution in [0.1, 0.15) is 39.5 Å². The number of hydrogen-bond acceptors (Lipinski definition) is 6. The average molecular weight is 395 g/mol. The van der Waals surface area contributed by atoms with E-state index in [1.165, 1.54) is 0 Å². The standard InChI is InChI=1S/C20H34N4O4/c1-5-7-12-23(3)15-27-19(25)21-17-10-9-11-18(14-17)22-20(26)28-16-24(4)13-8-6-2/h9-11,14H,5-8,12-13,15-16H2,1-4H3,(H,21,25)(H,22,26). The predicted octanol–water partition coefficient (Wildman–Crippen LogP) is 4.16. The summed E-state index contributed by atoms with van der Waals surface area (Å²) in [5.74, 6) is 0. The smallest absolute Gasteiger partial charge is 0.412 e.